The van der Waals surface area contributed by atoms with Gasteiger partial charge in [0.15, 0.2) is 6.29 Å². The van der Waals surface area contributed by atoms with Gasteiger partial charge in [-0.25, -0.2) is 0 Å². The van der Waals surface area contributed by atoms with Crippen molar-refractivity contribution in [3.8, 4) is 5.75 Å². The second-order valence-electron chi connectivity index (χ2n) is 4.10. The van der Waals surface area contributed by atoms with Crippen LogP contribution in [0.5, 0.6) is 5.75 Å². The fraction of sp³-hybridized carbons (Fsp3) is 0.231. The maximum Gasteiger partial charge on any atom is 0.360 e. The van der Waals surface area contributed by atoms with Gasteiger partial charge in [0.05, 0.1) is 0 Å². The summed E-state index contributed by atoms with van der Waals surface area (Å²) in [4.78, 5) is 19.1. The summed E-state index contributed by atoms with van der Waals surface area (Å²) in [5.74, 6) is 0.140. The van der Waals surface area contributed by atoms with E-state index in [9.17, 15) is 14.4 Å². The summed E-state index contributed by atoms with van der Waals surface area (Å²) in [6.45, 7) is 1.65. The molecule has 0 bridgehead atoms. The zero-order valence-corrected chi connectivity index (χ0v) is 11.5. The molecule has 2 aromatic rings. The first-order chi connectivity index (χ1) is 8.93. The van der Waals surface area contributed by atoms with Gasteiger partial charge in [0.1, 0.15) is 11.1 Å². The molecule has 2 N–H and O–H groups in total. The summed E-state index contributed by atoms with van der Waals surface area (Å²) in [6.07, 6.45) is -0.591. The number of methoxy groups -OCH3 is 1. The molecule has 0 heterocycles. The van der Waals surface area contributed by atoms with Crippen molar-refractivity contribution in [3.63, 3.8) is 0 Å². The van der Waals surface area contributed by atoms with Crippen LogP contribution in [0.15, 0.2) is 36.4 Å². The molecule has 0 aliphatic heterocycles. The van der Waals surface area contributed by atoms with E-state index in [0.29, 0.717) is 5.39 Å². The molecule has 102 valence electrons. The highest BCUT2D eigenvalue weighted by Gasteiger charge is 2.26. The predicted octanol–water partition coefficient (Wildman–Crippen LogP) is 2.01. The minimum atomic E-state index is -4.45. The largest absolute Gasteiger partial charge is 0.464 e. The van der Waals surface area contributed by atoms with Crippen LogP contribution in [0.4, 0.5) is 0 Å². The molecular formula is C13H15O5P. The smallest absolute Gasteiger partial charge is 0.360 e. The van der Waals surface area contributed by atoms with E-state index >= 15 is 0 Å². The lowest BCUT2D eigenvalue weighted by Gasteiger charge is -2.18. The van der Waals surface area contributed by atoms with Gasteiger partial charge in [-0.15, -0.1) is 0 Å². The Labute approximate surface area is 110 Å². The van der Waals surface area contributed by atoms with Crippen LogP contribution in [-0.2, 0) is 9.30 Å². The molecule has 0 fully saturated rings. The maximum absolute atomic E-state index is 11.7. The first kappa shape index (κ1) is 14.0. The van der Waals surface area contributed by atoms with E-state index in [-0.39, 0.29) is 11.1 Å². The minimum Gasteiger partial charge on any atom is -0.464 e. The van der Waals surface area contributed by atoms with E-state index in [4.69, 9.17) is 9.47 Å². The molecule has 0 aliphatic rings. The molecule has 2 rings (SSSR count). The Morgan fingerprint density at radius 2 is 1.84 bits per heavy atom. The van der Waals surface area contributed by atoms with Crippen LogP contribution in [-0.4, -0.2) is 23.2 Å². The Morgan fingerprint density at radius 1 is 1.16 bits per heavy atom. The summed E-state index contributed by atoms with van der Waals surface area (Å²) in [6, 6.07) is 10.3. The molecule has 6 heteroatoms. The fourth-order valence-corrected chi connectivity index (χ4v) is 2.79. The first-order valence-electron chi connectivity index (χ1n) is 5.71. The van der Waals surface area contributed by atoms with Crippen molar-refractivity contribution in [2.45, 2.75) is 13.2 Å². The second-order valence-corrected chi connectivity index (χ2v) is 5.63. The molecule has 1 unspecified atom stereocenters. The van der Waals surface area contributed by atoms with Crippen molar-refractivity contribution in [3.05, 3.63) is 36.4 Å². The van der Waals surface area contributed by atoms with Crippen LogP contribution < -0.4 is 10.0 Å². The molecule has 0 saturated carbocycles. The van der Waals surface area contributed by atoms with Crippen LogP contribution in [0.1, 0.15) is 6.92 Å². The van der Waals surface area contributed by atoms with Crippen molar-refractivity contribution >= 4 is 23.7 Å². The van der Waals surface area contributed by atoms with Crippen LogP contribution in [0.25, 0.3) is 10.8 Å². The summed E-state index contributed by atoms with van der Waals surface area (Å²) in [5, 5.41) is 1.13. The van der Waals surface area contributed by atoms with E-state index < -0.39 is 13.9 Å². The fourth-order valence-electron chi connectivity index (χ4n) is 1.86. The van der Waals surface area contributed by atoms with Gasteiger partial charge in [-0.05, 0) is 18.4 Å². The van der Waals surface area contributed by atoms with Gasteiger partial charge in [0, 0.05) is 12.5 Å². The Balaban J connectivity index is 2.67. The third-order valence-corrected chi connectivity index (χ3v) is 3.82. The van der Waals surface area contributed by atoms with Crippen LogP contribution in [0, 0.1) is 0 Å². The van der Waals surface area contributed by atoms with Crippen LogP contribution in [0.2, 0.25) is 0 Å². The Morgan fingerprint density at radius 3 is 2.47 bits per heavy atom. The SMILES string of the molecule is COC(C)Oc1ccc2ccccc2c1P(=O)(O)O. The molecule has 0 amide bonds. The maximum atomic E-state index is 11.7. The van der Waals surface area contributed by atoms with Crippen molar-refractivity contribution < 1.29 is 23.8 Å². The first-order valence-corrected chi connectivity index (χ1v) is 7.32. The zero-order chi connectivity index (χ0) is 14.0. The van der Waals surface area contributed by atoms with Gasteiger partial charge >= 0.3 is 7.60 Å². The molecule has 5 nitrogen and oxygen atoms in total. The van der Waals surface area contributed by atoms with Gasteiger partial charge in [0.2, 0.25) is 0 Å². The summed E-state index contributed by atoms with van der Waals surface area (Å²) >= 11 is 0. The van der Waals surface area contributed by atoms with Gasteiger partial charge < -0.3 is 19.3 Å². The number of rotatable bonds is 4. The third kappa shape index (κ3) is 2.96. The van der Waals surface area contributed by atoms with E-state index in [0.717, 1.165) is 5.39 Å². The lowest BCUT2D eigenvalue weighted by Crippen LogP contribution is -2.19. The highest BCUT2D eigenvalue weighted by molar-refractivity contribution is 7.61. The number of benzene rings is 2. The van der Waals surface area contributed by atoms with Crippen molar-refractivity contribution in [2.24, 2.45) is 0 Å². The van der Waals surface area contributed by atoms with Crippen LogP contribution >= 0.6 is 7.60 Å². The molecular weight excluding hydrogens is 267 g/mol. The zero-order valence-electron chi connectivity index (χ0n) is 10.6. The van der Waals surface area contributed by atoms with Gasteiger partial charge in [-0.3, -0.25) is 4.57 Å². The average Bonchev–Trinajstić information content (AvgIpc) is 2.36. The lowest BCUT2D eigenvalue weighted by atomic mass is 10.1. The molecule has 19 heavy (non-hydrogen) atoms. The van der Waals surface area contributed by atoms with Crippen molar-refractivity contribution in [2.75, 3.05) is 7.11 Å². The summed E-state index contributed by atoms with van der Waals surface area (Å²) in [7, 11) is -2.99. The number of hydrogen-bond donors (Lipinski definition) is 2. The third-order valence-electron chi connectivity index (χ3n) is 2.78. The quantitative estimate of drug-likeness (QED) is 0.662. The highest BCUT2D eigenvalue weighted by atomic mass is 31.2. The minimum absolute atomic E-state index is 0.102. The summed E-state index contributed by atoms with van der Waals surface area (Å²) in [5.41, 5.74) is 0. The Bertz CT molecular complexity index is 634. The normalized spacial score (nSPS) is 13.5. The number of fused-ring (bicyclic) bond motifs is 1. The van der Waals surface area contributed by atoms with Crippen molar-refractivity contribution in [1.29, 1.82) is 0 Å². The average molecular weight is 282 g/mol. The van der Waals surface area contributed by atoms with Crippen LogP contribution in [0.3, 0.4) is 0 Å². The van der Waals surface area contributed by atoms with Gasteiger partial charge in [-0.2, -0.15) is 0 Å². The highest BCUT2D eigenvalue weighted by Crippen LogP contribution is 2.41. The molecule has 0 aromatic heterocycles. The van der Waals surface area contributed by atoms with E-state index in [1.54, 1.807) is 37.3 Å². The van der Waals surface area contributed by atoms with E-state index in [2.05, 4.69) is 0 Å². The molecule has 0 aliphatic carbocycles. The molecule has 0 radical (unpaired) electrons. The van der Waals surface area contributed by atoms with Crippen molar-refractivity contribution in [1.82, 2.24) is 0 Å². The molecule has 0 spiro atoms. The van der Waals surface area contributed by atoms with E-state index in [1.807, 2.05) is 6.07 Å². The summed E-state index contributed by atoms with van der Waals surface area (Å²) < 4.78 is 22.1. The topological polar surface area (TPSA) is 76.0 Å². The second kappa shape index (κ2) is 5.31. The predicted molar refractivity (Wildman–Crippen MR) is 72.7 cm³/mol. The van der Waals surface area contributed by atoms with Gasteiger partial charge in [0.25, 0.3) is 0 Å². The number of hydrogen-bond acceptors (Lipinski definition) is 3. The Hall–Kier alpha value is -1.39. The van der Waals surface area contributed by atoms with Gasteiger partial charge in [-0.1, -0.05) is 30.3 Å². The monoisotopic (exact) mass is 282 g/mol. The molecule has 1 atom stereocenters. The van der Waals surface area contributed by atoms with E-state index in [1.165, 1.54) is 7.11 Å². The Kier molecular flexibility index (Phi) is 3.92. The number of ether oxygens (including phenoxy) is 2. The molecule has 0 saturated heterocycles. The molecule has 2 aromatic carbocycles. The standard InChI is InChI=1S/C13H15O5P/c1-9(17-2)18-12-8-7-10-5-3-4-6-11(10)13(12)19(14,15)16/h3-9H,1-2H3,(H2,14,15,16). The lowest BCUT2D eigenvalue weighted by molar-refractivity contribution is -0.0376.